The lowest BCUT2D eigenvalue weighted by molar-refractivity contribution is 0.392. The smallest absolute Gasteiger partial charge is 0.213 e. The van der Waals surface area contributed by atoms with Crippen molar-refractivity contribution in [2.75, 3.05) is 19.4 Å². The fraction of sp³-hybridized carbons (Fsp3) is 0.643. The molecule has 2 N–H and O–H groups in total. The fourth-order valence-corrected chi connectivity index (χ4v) is 3.53. The van der Waals surface area contributed by atoms with E-state index in [4.69, 9.17) is 4.74 Å². The van der Waals surface area contributed by atoms with Crippen molar-refractivity contribution in [3.05, 3.63) is 23.9 Å². The molecule has 2 heterocycles. The molecule has 1 fully saturated rings. The number of rotatable bonds is 7. The van der Waals surface area contributed by atoms with E-state index in [1.54, 1.807) is 18.3 Å². The Labute approximate surface area is 126 Å². The summed E-state index contributed by atoms with van der Waals surface area (Å²) in [4.78, 5) is 3.99. The number of nitrogens with one attached hydrogen (secondary N) is 2. The van der Waals surface area contributed by atoms with Gasteiger partial charge < -0.3 is 10.1 Å². The van der Waals surface area contributed by atoms with Gasteiger partial charge in [-0.2, -0.15) is 0 Å². The van der Waals surface area contributed by atoms with Gasteiger partial charge in [0.2, 0.25) is 15.9 Å². The van der Waals surface area contributed by atoms with Gasteiger partial charge in [0.25, 0.3) is 0 Å². The molecule has 0 saturated carbocycles. The van der Waals surface area contributed by atoms with Crippen molar-refractivity contribution in [3.63, 3.8) is 0 Å². The number of nitrogens with zero attached hydrogens (tertiary/aromatic N) is 1. The molecule has 21 heavy (non-hydrogen) atoms. The number of hydrogen-bond acceptors (Lipinski definition) is 5. The van der Waals surface area contributed by atoms with Crippen molar-refractivity contribution in [3.8, 4) is 5.88 Å². The van der Waals surface area contributed by atoms with Crippen molar-refractivity contribution >= 4 is 10.0 Å². The van der Waals surface area contributed by atoms with E-state index in [-0.39, 0.29) is 12.3 Å². The van der Waals surface area contributed by atoms with Crippen LogP contribution in [-0.2, 0) is 16.6 Å². The first-order chi connectivity index (χ1) is 10.1. The number of sulfonamides is 1. The summed E-state index contributed by atoms with van der Waals surface area (Å²) in [7, 11) is -1.71. The van der Waals surface area contributed by atoms with Crippen LogP contribution in [-0.4, -0.2) is 38.9 Å². The number of methoxy groups -OCH3 is 1. The predicted octanol–water partition coefficient (Wildman–Crippen LogP) is 1.04. The molecule has 1 unspecified atom stereocenters. The van der Waals surface area contributed by atoms with Crippen molar-refractivity contribution < 1.29 is 13.2 Å². The van der Waals surface area contributed by atoms with Gasteiger partial charge in [-0.25, -0.2) is 18.1 Å². The van der Waals surface area contributed by atoms with Gasteiger partial charge in [0.1, 0.15) is 0 Å². The number of hydrogen-bond donors (Lipinski definition) is 2. The second kappa shape index (κ2) is 7.72. The summed E-state index contributed by atoms with van der Waals surface area (Å²) in [6.07, 6.45) is 5.70. The van der Waals surface area contributed by atoms with Crippen LogP contribution < -0.4 is 14.8 Å². The van der Waals surface area contributed by atoms with E-state index in [1.165, 1.54) is 20.0 Å². The normalized spacial score (nSPS) is 19.4. The summed E-state index contributed by atoms with van der Waals surface area (Å²) in [6, 6.07) is 3.83. The van der Waals surface area contributed by atoms with E-state index in [9.17, 15) is 8.42 Å². The van der Waals surface area contributed by atoms with Crippen LogP contribution in [0.2, 0.25) is 0 Å². The molecule has 7 heteroatoms. The SMILES string of the molecule is COc1cc(CNS(=O)(=O)CCC2CCCCN2)ccn1. The molecular formula is C14H23N3O3S. The molecule has 0 amide bonds. The van der Waals surface area contributed by atoms with Crippen LogP contribution in [0.3, 0.4) is 0 Å². The van der Waals surface area contributed by atoms with Gasteiger partial charge in [0.05, 0.1) is 12.9 Å². The highest BCUT2D eigenvalue weighted by Gasteiger charge is 2.17. The summed E-state index contributed by atoms with van der Waals surface area (Å²) < 4.78 is 31.7. The van der Waals surface area contributed by atoms with Crippen molar-refractivity contribution in [1.29, 1.82) is 0 Å². The van der Waals surface area contributed by atoms with Crippen LogP contribution in [0, 0.1) is 0 Å². The quantitative estimate of drug-likeness (QED) is 0.786. The standard InChI is InChI=1S/C14H23N3O3S/c1-20-14-10-12(5-8-16-14)11-17-21(18,19)9-6-13-4-2-3-7-15-13/h5,8,10,13,15,17H,2-4,6-7,9,11H2,1H3. The van der Waals surface area contributed by atoms with Gasteiger partial charge in [0, 0.05) is 24.8 Å². The van der Waals surface area contributed by atoms with Crippen LogP contribution in [0.15, 0.2) is 18.3 Å². The highest BCUT2D eigenvalue weighted by molar-refractivity contribution is 7.89. The third-order valence-corrected chi connectivity index (χ3v) is 5.01. The van der Waals surface area contributed by atoms with E-state index >= 15 is 0 Å². The van der Waals surface area contributed by atoms with E-state index < -0.39 is 10.0 Å². The molecule has 1 aromatic heterocycles. The molecule has 1 aliphatic heterocycles. The average molecular weight is 313 g/mol. The maximum absolute atomic E-state index is 12.0. The summed E-state index contributed by atoms with van der Waals surface area (Å²) in [5.41, 5.74) is 0.834. The van der Waals surface area contributed by atoms with Crippen molar-refractivity contribution in [1.82, 2.24) is 15.0 Å². The molecule has 1 saturated heterocycles. The molecule has 0 bridgehead atoms. The largest absolute Gasteiger partial charge is 0.481 e. The van der Waals surface area contributed by atoms with Crippen LogP contribution in [0.25, 0.3) is 0 Å². The third kappa shape index (κ3) is 5.61. The first kappa shape index (κ1) is 16.2. The van der Waals surface area contributed by atoms with E-state index in [0.717, 1.165) is 18.5 Å². The Morgan fingerprint density at radius 1 is 1.48 bits per heavy atom. The zero-order valence-electron chi connectivity index (χ0n) is 12.3. The van der Waals surface area contributed by atoms with Gasteiger partial charge in [-0.15, -0.1) is 0 Å². The predicted molar refractivity (Wildman–Crippen MR) is 81.7 cm³/mol. The lowest BCUT2D eigenvalue weighted by Crippen LogP contribution is -2.37. The number of ether oxygens (including phenoxy) is 1. The Hall–Kier alpha value is -1.18. The molecule has 1 atom stereocenters. The minimum Gasteiger partial charge on any atom is -0.481 e. The number of piperidine rings is 1. The van der Waals surface area contributed by atoms with E-state index in [2.05, 4.69) is 15.0 Å². The van der Waals surface area contributed by atoms with Crippen LogP contribution in [0.1, 0.15) is 31.2 Å². The Morgan fingerprint density at radius 2 is 2.33 bits per heavy atom. The Morgan fingerprint density at radius 3 is 3.05 bits per heavy atom. The topological polar surface area (TPSA) is 80.3 Å². The highest BCUT2D eigenvalue weighted by atomic mass is 32.2. The minimum atomic E-state index is -3.25. The van der Waals surface area contributed by atoms with Crippen LogP contribution in [0.4, 0.5) is 0 Å². The summed E-state index contributed by atoms with van der Waals surface area (Å²) >= 11 is 0. The monoisotopic (exact) mass is 313 g/mol. The molecule has 6 nitrogen and oxygen atoms in total. The summed E-state index contributed by atoms with van der Waals surface area (Å²) in [5, 5.41) is 3.36. The van der Waals surface area contributed by atoms with E-state index in [0.29, 0.717) is 18.3 Å². The first-order valence-electron chi connectivity index (χ1n) is 7.29. The Kier molecular flexibility index (Phi) is 5.96. The molecule has 1 aromatic rings. The molecule has 0 aromatic carbocycles. The summed E-state index contributed by atoms with van der Waals surface area (Å²) in [5.74, 6) is 0.644. The third-order valence-electron chi connectivity index (χ3n) is 3.65. The van der Waals surface area contributed by atoms with Crippen LogP contribution >= 0.6 is 0 Å². The molecule has 1 aliphatic rings. The van der Waals surface area contributed by atoms with Gasteiger partial charge in [-0.1, -0.05) is 6.42 Å². The molecule has 2 rings (SSSR count). The fourth-order valence-electron chi connectivity index (χ4n) is 2.41. The zero-order valence-corrected chi connectivity index (χ0v) is 13.2. The van der Waals surface area contributed by atoms with Gasteiger partial charge in [-0.3, -0.25) is 0 Å². The van der Waals surface area contributed by atoms with Crippen molar-refractivity contribution in [2.24, 2.45) is 0 Å². The number of pyridine rings is 1. The highest BCUT2D eigenvalue weighted by Crippen LogP contribution is 2.12. The second-order valence-electron chi connectivity index (χ2n) is 5.28. The molecular weight excluding hydrogens is 290 g/mol. The average Bonchev–Trinajstić information content (AvgIpc) is 2.52. The Balaban J connectivity index is 1.80. The molecule has 0 aliphatic carbocycles. The lowest BCUT2D eigenvalue weighted by Gasteiger charge is -2.23. The lowest BCUT2D eigenvalue weighted by atomic mass is 10.0. The molecule has 118 valence electrons. The van der Waals surface area contributed by atoms with Gasteiger partial charge in [0.15, 0.2) is 0 Å². The van der Waals surface area contributed by atoms with Gasteiger partial charge in [-0.05, 0) is 37.4 Å². The van der Waals surface area contributed by atoms with Crippen molar-refractivity contribution in [2.45, 2.75) is 38.3 Å². The van der Waals surface area contributed by atoms with Crippen LogP contribution in [0.5, 0.6) is 5.88 Å². The zero-order chi connectivity index (χ0) is 15.1. The molecule has 0 radical (unpaired) electrons. The number of aromatic nitrogens is 1. The maximum atomic E-state index is 12.0. The molecule has 0 spiro atoms. The minimum absolute atomic E-state index is 0.160. The summed E-state index contributed by atoms with van der Waals surface area (Å²) in [6.45, 7) is 1.26. The van der Waals surface area contributed by atoms with Gasteiger partial charge >= 0.3 is 0 Å². The maximum Gasteiger partial charge on any atom is 0.213 e. The first-order valence-corrected chi connectivity index (χ1v) is 8.94. The Bertz CT molecular complexity index is 542. The van der Waals surface area contributed by atoms with E-state index in [1.807, 2.05) is 0 Å². The second-order valence-corrected chi connectivity index (χ2v) is 7.21.